The number of hydrogen-bond donors (Lipinski definition) is 0. The highest BCUT2D eigenvalue weighted by molar-refractivity contribution is 7.92. The monoisotopic (exact) mass is 452 g/mol. The first-order valence-corrected chi connectivity index (χ1v) is 11.5. The van der Waals surface area contributed by atoms with Crippen LogP contribution in [0.5, 0.6) is 11.5 Å². The Morgan fingerprint density at radius 1 is 0.750 bits per heavy atom. The second kappa shape index (κ2) is 9.78. The summed E-state index contributed by atoms with van der Waals surface area (Å²) in [5.41, 5.74) is 1.38. The summed E-state index contributed by atoms with van der Waals surface area (Å²) < 4.78 is 37.1. The van der Waals surface area contributed by atoms with Crippen molar-refractivity contribution in [3.05, 3.63) is 89.5 Å². The summed E-state index contributed by atoms with van der Waals surface area (Å²) in [4.78, 5) is 26.2. The number of ether oxygens (including phenoxy) is 2. The molecule has 0 amide bonds. The van der Waals surface area contributed by atoms with Crippen molar-refractivity contribution in [1.82, 2.24) is 0 Å². The molecule has 0 aliphatic rings. The van der Waals surface area contributed by atoms with Crippen LogP contribution in [0.1, 0.15) is 32.7 Å². The number of benzene rings is 3. The van der Waals surface area contributed by atoms with Crippen LogP contribution in [0.2, 0.25) is 0 Å². The molecule has 3 aromatic rings. The molecule has 0 N–H and O–H groups in total. The molecule has 0 saturated heterocycles. The van der Waals surface area contributed by atoms with E-state index >= 15 is 0 Å². The topological polar surface area (TPSA) is 86.7 Å². The van der Waals surface area contributed by atoms with Gasteiger partial charge in [-0.2, -0.15) is 0 Å². The Morgan fingerprint density at radius 2 is 1.22 bits per heavy atom. The van der Waals surface area contributed by atoms with Crippen molar-refractivity contribution in [2.75, 3.05) is 14.2 Å². The Labute approximate surface area is 187 Å². The minimum atomic E-state index is -4.12. The van der Waals surface area contributed by atoms with E-state index in [2.05, 4.69) is 0 Å². The van der Waals surface area contributed by atoms with E-state index in [1.807, 2.05) is 6.92 Å². The number of carbonyl (C=O) groups is 2. The smallest absolute Gasteiger partial charge is 0.189 e. The van der Waals surface area contributed by atoms with Crippen molar-refractivity contribution in [2.24, 2.45) is 0 Å². The first kappa shape index (κ1) is 23.2. The van der Waals surface area contributed by atoms with Gasteiger partial charge in [-0.25, -0.2) is 8.42 Å². The van der Waals surface area contributed by atoms with Gasteiger partial charge in [0.2, 0.25) is 0 Å². The lowest BCUT2D eigenvalue weighted by atomic mass is 10.0. The molecule has 3 aromatic carbocycles. The maximum absolute atomic E-state index is 13.4. The predicted octanol–water partition coefficient (Wildman–Crippen LogP) is 4.31. The molecule has 3 rings (SSSR count). The normalized spacial score (nSPS) is 12.1. The number of sulfone groups is 1. The summed E-state index contributed by atoms with van der Waals surface area (Å²) in [6.07, 6.45) is -0.479. The zero-order valence-corrected chi connectivity index (χ0v) is 18.9. The highest BCUT2D eigenvalue weighted by Crippen LogP contribution is 2.25. The fraction of sp³-hybridized carbons (Fsp3) is 0.200. The third-order valence-electron chi connectivity index (χ3n) is 5.17. The summed E-state index contributed by atoms with van der Waals surface area (Å²) in [7, 11) is -1.12. The molecule has 0 aliphatic heterocycles. The van der Waals surface area contributed by atoms with Crippen LogP contribution in [0.15, 0.2) is 77.7 Å². The van der Waals surface area contributed by atoms with Gasteiger partial charge in [0.1, 0.15) is 16.7 Å². The molecule has 32 heavy (non-hydrogen) atoms. The van der Waals surface area contributed by atoms with Crippen LogP contribution >= 0.6 is 0 Å². The van der Waals surface area contributed by atoms with E-state index in [4.69, 9.17) is 9.47 Å². The molecule has 0 unspecified atom stereocenters. The Bertz CT molecular complexity index is 1190. The van der Waals surface area contributed by atoms with Crippen LogP contribution in [0.25, 0.3) is 0 Å². The van der Waals surface area contributed by atoms with Crippen molar-refractivity contribution in [3.63, 3.8) is 0 Å². The lowest BCUT2D eigenvalue weighted by Crippen LogP contribution is -2.33. The number of ketones is 2. The SMILES string of the molecule is COc1ccc(C(=O)C[C@@H](C(=O)c2ccc(OC)cc2)S(=O)(=O)c2ccc(C)cc2)cc1. The Balaban J connectivity index is 2.00. The van der Waals surface area contributed by atoms with E-state index < -0.39 is 33.1 Å². The van der Waals surface area contributed by atoms with Crippen LogP contribution in [-0.2, 0) is 9.84 Å². The molecule has 7 heteroatoms. The zero-order chi connectivity index (χ0) is 23.3. The first-order chi connectivity index (χ1) is 15.3. The van der Waals surface area contributed by atoms with Crippen LogP contribution in [0.3, 0.4) is 0 Å². The summed E-state index contributed by atoms with van der Waals surface area (Å²) in [6.45, 7) is 1.84. The van der Waals surface area contributed by atoms with E-state index in [9.17, 15) is 18.0 Å². The van der Waals surface area contributed by atoms with Crippen LogP contribution < -0.4 is 9.47 Å². The van der Waals surface area contributed by atoms with Crippen molar-refractivity contribution in [1.29, 1.82) is 0 Å². The van der Waals surface area contributed by atoms with Gasteiger partial charge in [-0.1, -0.05) is 17.7 Å². The lowest BCUT2D eigenvalue weighted by Gasteiger charge is -2.17. The largest absolute Gasteiger partial charge is 0.497 e. The molecule has 0 bridgehead atoms. The fourth-order valence-corrected chi connectivity index (χ4v) is 4.87. The minimum absolute atomic E-state index is 0.00232. The summed E-state index contributed by atoms with van der Waals surface area (Å²) in [5, 5.41) is -1.56. The highest BCUT2D eigenvalue weighted by atomic mass is 32.2. The van der Waals surface area contributed by atoms with Gasteiger partial charge >= 0.3 is 0 Å². The average Bonchev–Trinajstić information content (AvgIpc) is 2.82. The molecule has 166 valence electrons. The Kier molecular flexibility index (Phi) is 7.10. The van der Waals surface area contributed by atoms with E-state index in [0.29, 0.717) is 17.1 Å². The number of hydrogen-bond acceptors (Lipinski definition) is 6. The zero-order valence-electron chi connectivity index (χ0n) is 18.1. The van der Waals surface area contributed by atoms with Crippen molar-refractivity contribution >= 4 is 21.4 Å². The molecule has 0 saturated carbocycles. The van der Waals surface area contributed by atoms with E-state index in [1.54, 1.807) is 48.5 Å². The van der Waals surface area contributed by atoms with Crippen molar-refractivity contribution in [3.8, 4) is 11.5 Å². The van der Waals surface area contributed by atoms with Crippen LogP contribution in [-0.4, -0.2) is 39.5 Å². The average molecular weight is 453 g/mol. The Hall–Kier alpha value is -3.45. The van der Waals surface area contributed by atoms with Gasteiger partial charge in [0.05, 0.1) is 19.1 Å². The van der Waals surface area contributed by atoms with Gasteiger partial charge in [-0.05, 0) is 67.6 Å². The minimum Gasteiger partial charge on any atom is -0.497 e. The molecule has 0 spiro atoms. The van der Waals surface area contributed by atoms with Crippen LogP contribution in [0, 0.1) is 6.92 Å². The van der Waals surface area contributed by atoms with Gasteiger partial charge in [0.15, 0.2) is 21.4 Å². The molecule has 1 atom stereocenters. The summed E-state index contributed by atoms with van der Waals surface area (Å²) in [5.74, 6) is 0.0128. The molecule has 0 radical (unpaired) electrons. The molecule has 0 aliphatic carbocycles. The number of carbonyl (C=O) groups excluding carboxylic acids is 2. The third kappa shape index (κ3) is 5.06. The quantitative estimate of drug-likeness (QED) is 0.450. The van der Waals surface area contributed by atoms with Gasteiger partial charge in [0, 0.05) is 17.5 Å². The fourth-order valence-electron chi connectivity index (χ4n) is 3.24. The molecular weight excluding hydrogens is 428 g/mol. The molecule has 0 heterocycles. The maximum Gasteiger partial charge on any atom is 0.189 e. The van der Waals surface area contributed by atoms with Crippen molar-refractivity contribution < 1.29 is 27.5 Å². The molecule has 0 fully saturated rings. The van der Waals surface area contributed by atoms with E-state index in [1.165, 1.54) is 38.5 Å². The maximum atomic E-state index is 13.4. The summed E-state index contributed by atoms with van der Waals surface area (Å²) in [6, 6.07) is 18.7. The Morgan fingerprint density at radius 3 is 1.69 bits per heavy atom. The highest BCUT2D eigenvalue weighted by Gasteiger charge is 2.36. The third-order valence-corrected chi connectivity index (χ3v) is 7.23. The van der Waals surface area contributed by atoms with Gasteiger partial charge in [-0.3, -0.25) is 9.59 Å². The van der Waals surface area contributed by atoms with Gasteiger partial charge < -0.3 is 9.47 Å². The standard InChI is InChI=1S/C25H24O6S/c1-17-4-14-22(15-5-17)32(28,29)24(25(27)19-8-12-21(31-3)13-9-19)16-23(26)18-6-10-20(30-2)11-7-18/h4-15,24H,16H2,1-3H3/t24-/m0/s1. The van der Waals surface area contributed by atoms with Gasteiger partial charge in [0.25, 0.3) is 0 Å². The number of methoxy groups -OCH3 is 2. The number of aryl methyl sites for hydroxylation is 1. The second-order valence-corrected chi connectivity index (χ2v) is 9.43. The molecular formula is C25H24O6S. The second-order valence-electron chi connectivity index (χ2n) is 7.30. The lowest BCUT2D eigenvalue weighted by molar-refractivity contribution is 0.0920. The number of Topliss-reactive ketones (excluding diaryl/α,β-unsaturated/α-hetero) is 2. The summed E-state index contributed by atoms with van der Waals surface area (Å²) >= 11 is 0. The van der Waals surface area contributed by atoms with Crippen LogP contribution in [0.4, 0.5) is 0 Å². The molecule has 6 nitrogen and oxygen atoms in total. The molecule has 0 aromatic heterocycles. The predicted molar refractivity (Wildman–Crippen MR) is 121 cm³/mol. The van der Waals surface area contributed by atoms with E-state index in [0.717, 1.165) is 5.56 Å². The van der Waals surface area contributed by atoms with Gasteiger partial charge in [-0.15, -0.1) is 0 Å². The van der Waals surface area contributed by atoms with Crippen molar-refractivity contribution in [2.45, 2.75) is 23.5 Å². The number of rotatable bonds is 9. The van der Waals surface area contributed by atoms with E-state index in [-0.39, 0.29) is 10.5 Å². The first-order valence-electron chi connectivity index (χ1n) is 9.92.